The fourth-order valence-corrected chi connectivity index (χ4v) is 2.54. The number of ether oxygens (including phenoxy) is 1. The average molecular weight is 298 g/mol. The van der Waals surface area contributed by atoms with E-state index in [9.17, 15) is 0 Å². The third kappa shape index (κ3) is 7.14. The lowest BCUT2D eigenvalue weighted by atomic mass is 10.1. The maximum absolute atomic E-state index is 5.50. The molecule has 1 rings (SSSR count). The largest absolute Gasteiger partial charge is 0.379 e. The zero-order valence-electron chi connectivity index (χ0n) is 14.5. The Labute approximate surface area is 130 Å². The highest BCUT2D eigenvalue weighted by atomic mass is 16.5. The first-order valence-electron chi connectivity index (χ1n) is 8.40. The molecule has 0 aliphatic carbocycles. The molecule has 0 amide bonds. The molecule has 0 aromatic heterocycles. The number of guanidine groups is 1. The fourth-order valence-electron chi connectivity index (χ4n) is 2.54. The van der Waals surface area contributed by atoms with E-state index in [-0.39, 0.29) is 0 Å². The molecule has 2 atom stereocenters. The minimum atomic E-state index is 0.449. The van der Waals surface area contributed by atoms with Crippen molar-refractivity contribution in [3.63, 3.8) is 0 Å². The van der Waals surface area contributed by atoms with Crippen molar-refractivity contribution in [2.45, 2.75) is 53.1 Å². The van der Waals surface area contributed by atoms with Crippen LogP contribution in [0.5, 0.6) is 0 Å². The number of morpholine rings is 1. The van der Waals surface area contributed by atoms with Gasteiger partial charge in [-0.15, -0.1) is 0 Å². The van der Waals surface area contributed by atoms with Crippen LogP contribution in [0, 0.1) is 5.92 Å². The van der Waals surface area contributed by atoms with Crippen LogP contribution >= 0.6 is 0 Å². The van der Waals surface area contributed by atoms with E-state index in [1.54, 1.807) is 0 Å². The lowest BCUT2D eigenvalue weighted by molar-refractivity contribution is -0.0165. The lowest BCUT2D eigenvalue weighted by Crippen LogP contribution is -2.49. The zero-order valence-corrected chi connectivity index (χ0v) is 14.5. The summed E-state index contributed by atoms with van der Waals surface area (Å²) in [6, 6.07) is 0.935. The molecule has 0 radical (unpaired) electrons. The minimum absolute atomic E-state index is 0.449. The molecule has 0 spiro atoms. The van der Waals surface area contributed by atoms with Gasteiger partial charge >= 0.3 is 0 Å². The summed E-state index contributed by atoms with van der Waals surface area (Å²) in [5.74, 6) is 1.65. The van der Waals surface area contributed by atoms with Gasteiger partial charge in [0.1, 0.15) is 0 Å². The maximum atomic E-state index is 5.50. The summed E-state index contributed by atoms with van der Waals surface area (Å²) in [6.07, 6.45) is 1.17. The van der Waals surface area contributed by atoms with Gasteiger partial charge in [0.05, 0.1) is 19.8 Å². The van der Waals surface area contributed by atoms with Crippen molar-refractivity contribution in [1.82, 2.24) is 15.5 Å². The number of rotatable bonds is 7. The van der Waals surface area contributed by atoms with Gasteiger partial charge in [0.25, 0.3) is 0 Å². The van der Waals surface area contributed by atoms with Gasteiger partial charge in [-0.1, -0.05) is 13.8 Å². The van der Waals surface area contributed by atoms with Gasteiger partial charge in [-0.25, -0.2) is 0 Å². The van der Waals surface area contributed by atoms with E-state index in [2.05, 4.69) is 50.2 Å². The van der Waals surface area contributed by atoms with Gasteiger partial charge in [0, 0.05) is 31.7 Å². The molecular weight excluding hydrogens is 264 g/mol. The van der Waals surface area contributed by atoms with E-state index in [0.29, 0.717) is 18.0 Å². The molecule has 5 heteroatoms. The van der Waals surface area contributed by atoms with E-state index in [1.165, 1.54) is 6.42 Å². The van der Waals surface area contributed by atoms with Crippen molar-refractivity contribution in [3.8, 4) is 0 Å². The second-order valence-corrected chi connectivity index (χ2v) is 6.34. The van der Waals surface area contributed by atoms with Crippen LogP contribution < -0.4 is 10.6 Å². The Morgan fingerprint density at radius 3 is 2.71 bits per heavy atom. The van der Waals surface area contributed by atoms with Crippen LogP contribution in [0.3, 0.4) is 0 Å². The molecule has 1 aliphatic heterocycles. The van der Waals surface area contributed by atoms with Crippen molar-refractivity contribution in [1.29, 1.82) is 0 Å². The summed E-state index contributed by atoms with van der Waals surface area (Å²) >= 11 is 0. The van der Waals surface area contributed by atoms with Crippen LogP contribution in [-0.4, -0.2) is 62.3 Å². The van der Waals surface area contributed by atoms with E-state index in [4.69, 9.17) is 9.73 Å². The van der Waals surface area contributed by atoms with Crippen LogP contribution in [0.15, 0.2) is 4.99 Å². The number of hydrogen-bond donors (Lipinski definition) is 2. The molecule has 21 heavy (non-hydrogen) atoms. The molecule has 0 saturated carbocycles. The molecule has 1 heterocycles. The smallest absolute Gasteiger partial charge is 0.191 e. The summed E-state index contributed by atoms with van der Waals surface area (Å²) in [5, 5.41) is 6.74. The monoisotopic (exact) mass is 298 g/mol. The SMILES string of the molecule is CCNC(=NCC(C)N1CCOCC1C)NCCC(C)C. The highest BCUT2D eigenvalue weighted by Gasteiger charge is 2.23. The molecule has 1 fully saturated rings. The summed E-state index contributed by atoms with van der Waals surface area (Å²) in [6.45, 7) is 16.5. The average Bonchev–Trinajstić information content (AvgIpc) is 2.44. The number of nitrogens with zero attached hydrogens (tertiary/aromatic N) is 2. The Morgan fingerprint density at radius 2 is 2.10 bits per heavy atom. The summed E-state index contributed by atoms with van der Waals surface area (Å²) in [4.78, 5) is 7.22. The molecule has 0 bridgehead atoms. The predicted octanol–water partition coefficient (Wildman–Crippen LogP) is 1.70. The Kier molecular flexibility index (Phi) is 8.69. The molecule has 1 saturated heterocycles. The van der Waals surface area contributed by atoms with Gasteiger partial charge in [-0.2, -0.15) is 0 Å². The molecule has 0 aromatic carbocycles. The second-order valence-electron chi connectivity index (χ2n) is 6.34. The van der Waals surface area contributed by atoms with Gasteiger partial charge < -0.3 is 15.4 Å². The third-order valence-electron chi connectivity index (χ3n) is 3.86. The van der Waals surface area contributed by atoms with Crippen LogP contribution in [0.2, 0.25) is 0 Å². The van der Waals surface area contributed by atoms with Crippen molar-refractivity contribution in [3.05, 3.63) is 0 Å². The zero-order chi connectivity index (χ0) is 15.7. The first-order valence-corrected chi connectivity index (χ1v) is 8.40. The van der Waals surface area contributed by atoms with E-state index < -0.39 is 0 Å². The summed E-state index contributed by atoms with van der Waals surface area (Å²) in [5.41, 5.74) is 0. The number of hydrogen-bond acceptors (Lipinski definition) is 3. The Morgan fingerprint density at radius 1 is 1.33 bits per heavy atom. The first kappa shape index (κ1) is 18.2. The van der Waals surface area contributed by atoms with Crippen molar-refractivity contribution in [2.75, 3.05) is 39.4 Å². The van der Waals surface area contributed by atoms with Gasteiger partial charge in [0.15, 0.2) is 5.96 Å². The van der Waals surface area contributed by atoms with Crippen LogP contribution in [0.4, 0.5) is 0 Å². The number of nitrogens with one attached hydrogen (secondary N) is 2. The predicted molar refractivity (Wildman–Crippen MR) is 89.9 cm³/mol. The molecule has 2 N–H and O–H groups in total. The highest BCUT2D eigenvalue weighted by Crippen LogP contribution is 2.10. The van der Waals surface area contributed by atoms with Crippen LogP contribution in [0.25, 0.3) is 0 Å². The normalized spacial score (nSPS) is 22.4. The molecule has 2 unspecified atom stereocenters. The minimum Gasteiger partial charge on any atom is -0.379 e. The molecule has 1 aliphatic rings. The van der Waals surface area contributed by atoms with Crippen LogP contribution in [0.1, 0.15) is 41.0 Å². The van der Waals surface area contributed by atoms with E-state index in [0.717, 1.165) is 45.4 Å². The second kappa shape index (κ2) is 10.0. The highest BCUT2D eigenvalue weighted by molar-refractivity contribution is 5.79. The quantitative estimate of drug-likeness (QED) is 0.555. The first-order chi connectivity index (χ1) is 10.0. The van der Waals surface area contributed by atoms with E-state index in [1.807, 2.05) is 0 Å². The van der Waals surface area contributed by atoms with Gasteiger partial charge in [-0.3, -0.25) is 9.89 Å². The van der Waals surface area contributed by atoms with Crippen LogP contribution in [-0.2, 0) is 4.74 Å². The topological polar surface area (TPSA) is 48.9 Å². The van der Waals surface area contributed by atoms with E-state index >= 15 is 0 Å². The fraction of sp³-hybridized carbons (Fsp3) is 0.938. The molecule has 5 nitrogen and oxygen atoms in total. The van der Waals surface area contributed by atoms with Gasteiger partial charge in [-0.05, 0) is 33.1 Å². The lowest BCUT2D eigenvalue weighted by Gasteiger charge is -2.37. The summed E-state index contributed by atoms with van der Waals surface area (Å²) < 4.78 is 5.50. The van der Waals surface area contributed by atoms with Crippen molar-refractivity contribution in [2.24, 2.45) is 10.9 Å². The Bertz CT molecular complexity index is 307. The Hall–Kier alpha value is -0.810. The molecule has 0 aromatic rings. The molecule has 124 valence electrons. The number of aliphatic imine (C=N–C) groups is 1. The Balaban J connectivity index is 2.43. The van der Waals surface area contributed by atoms with Crippen molar-refractivity contribution >= 4 is 5.96 Å². The summed E-state index contributed by atoms with van der Waals surface area (Å²) in [7, 11) is 0. The standard InChI is InChI=1S/C16H34N4O/c1-6-17-16(18-8-7-13(2)3)19-11-14(4)20-9-10-21-12-15(20)5/h13-15H,6-12H2,1-5H3,(H2,17,18,19). The third-order valence-corrected chi connectivity index (χ3v) is 3.86. The molecular formula is C16H34N4O. The van der Waals surface area contributed by atoms with Crippen molar-refractivity contribution < 1.29 is 4.74 Å². The van der Waals surface area contributed by atoms with Gasteiger partial charge in [0.2, 0.25) is 0 Å². The maximum Gasteiger partial charge on any atom is 0.191 e.